The lowest BCUT2D eigenvalue weighted by molar-refractivity contribution is 0.312. The lowest BCUT2D eigenvalue weighted by atomic mass is 10.0. The fourth-order valence-corrected chi connectivity index (χ4v) is 3.27. The number of fused-ring (bicyclic) bond motifs is 1. The number of hydrogen-bond acceptors (Lipinski definition) is 6. The Morgan fingerprint density at radius 1 is 0.913 bits per heavy atom. The second kappa shape index (κ2) is 6.12. The van der Waals surface area contributed by atoms with Crippen molar-refractivity contribution in [2.45, 2.75) is 13.0 Å². The molecule has 1 saturated heterocycles. The van der Waals surface area contributed by atoms with Crippen LogP contribution in [0.4, 0.5) is 11.8 Å². The van der Waals surface area contributed by atoms with Crippen molar-refractivity contribution in [3.63, 3.8) is 0 Å². The van der Waals surface area contributed by atoms with Gasteiger partial charge in [-0.2, -0.15) is 10.1 Å². The van der Waals surface area contributed by atoms with Crippen LogP contribution in [0.15, 0.2) is 30.5 Å². The van der Waals surface area contributed by atoms with Crippen LogP contribution < -0.4 is 9.80 Å². The maximum atomic E-state index is 4.78. The van der Waals surface area contributed by atoms with Crippen molar-refractivity contribution in [2.24, 2.45) is 0 Å². The first-order valence-corrected chi connectivity index (χ1v) is 8.24. The molecule has 2 aromatic rings. The van der Waals surface area contributed by atoms with E-state index in [-0.39, 0.29) is 0 Å². The molecule has 0 spiro atoms. The van der Waals surface area contributed by atoms with Crippen molar-refractivity contribution in [3.05, 3.63) is 41.6 Å². The van der Waals surface area contributed by atoms with Gasteiger partial charge in [-0.25, -0.2) is 0 Å². The molecule has 4 rings (SSSR count). The standard InChI is InChI=1S/C17H22N6/c1-21-8-10-22(11-9-21)16-12-18-20-17(19-16)23-7-6-14-4-2-3-5-15(14)13-23/h2-5,12H,6-11,13H2,1H3. The van der Waals surface area contributed by atoms with Gasteiger partial charge in [0.1, 0.15) is 0 Å². The molecule has 2 aliphatic heterocycles. The lowest BCUT2D eigenvalue weighted by Gasteiger charge is -2.33. The number of aromatic nitrogens is 3. The van der Waals surface area contributed by atoms with Gasteiger partial charge in [-0.3, -0.25) is 0 Å². The Morgan fingerprint density at radius 3 is 2.52 bits per heavy atom. The predicted molar refractivity (Wildman–Crippen MR) is 90.7 cm³/mol. The van der Waals surface area contributed by atoms with Gasteiger partial charge in [0.25, 0.3) is 0 Å². The Labute approximate surface area is 136 Å². The summed E-state index contributed by atoms with van der Waals surface area (Å²) in [5.74, 6) is 1.69. The number of nitrogens with zero attached hydrogens (tertiary/aromatic N) is 6. The summed E-state index contributed by atoms with van der Waals surface area (Å²) >= 11 is 0. The summed E-state index contributed by atoms with van der Waals surface area (Å²) < 4.78 is 0. The molecule has 0 N–H and O–H groups in total. The average molecular weight is 310 g/mol. The third kappa shape index (κ3) is 2.99. The van der Waals surface area contributed by atoms with Gasteiger partial charge in [-0.15, -0.1) is 5.10 Å². The van der Waals surface area contributed by atoms with Crippen molar-refractivity contribution >= 4 is 11.8 Å². The van der Waals surface area contributed by atoms with Crippen LogP contribution in [-0.2, 0) is 13.0 Å². The summed E-state index contributed by atoms with van der Waals surface area (Å²) in [5, 5.41) is 8.47. The van der Waals surface area contributed by atoms with Gasteiger partial charge in [-0.05, 0) is 24.6 Å². The van der Waals surface area contributed by atoms with Gasteiger partial charge in [0.05, 0.1) is 6.20 Å². The minimum absolute atomic E-state index is 0.746. The number of piperazine rings is 1. The maximum Gasteiger partial charge on any atom is 0.247 e. The first kappa shape index (κ1) is 14.4. The topological polar surface area (TPSA) is 48.4 Å². The van der Waals surface area contributed by atoms with Crippen LogP contribution in [-0.4, -0.2) is 59.9 Å². The molecule has 1 aromatic carbocycles. The molecule has 0 unspecified atom stereocenters. The fraction of sp³-hybridized carbons (Fsp3) is 0.471. The van der Waals surface area contributed by atoms with E-state index in [0.29, 0.717) is 0 Å². The van der Waals surface area contributed by atoms with Crippen LogP contribution >= 0.6 is 0 Å². The summed E-state index contributed by atoms with van der Waals surface area (Å²) in [6.07, 6.45) is 2.82. The number of likely N-dealkylation sites (N-methyl/N-ethyl adjacent to an activating group) is 1. The zero-order chi connectivity index (χ0) is 15.6. The Morgan fingerprint density at radius 2 is 1.70 bits per heavy atom. The summed E-state index contributed by atoms with van der Waals surface area (Å²) in [6, 6.07) is 8.62. The zero-order valence-electron chi connectivity index (χ0n) is 13.5. The van der Waals surface area contributed by atoms with Gasteiger partial charge in [-0.1, -0.05) is 24.3 Å². The maximum absolute atomic E-state index is 4.78. The van der Waals surface area contributed by atoms with Gasteiger partial charge in [0.2, 0.25) is 5.95 Å². The first-order valence-electron chi connectivity index (χ1n) is 8.24. The number of hydrogen-bond donors (Lipinski definition) is 0. The average Bonchev–Trinajstić information content (AvgIpc) is 2.62. The fourth-order valence-electron chi connectivity index (χ4n) is 3.27. The van der Waals surface area contributed by atoms with Crippen LogP contribution in [0.3, 0.4) is 0 Å². The highest BCUT2D eigenvalue weighted by atomic mass is 15.4. The van der Waals surface area contributed by atoms with E-state index in [9.17, 15) is 0 Å². The van der Waals surface area contributed by atoms with Crippen molar-refractivity contribution < 1.29 is 0 Å². The summed E-state index contributed by atoms with van der Waals surface area (Å²) in [5.41, 5.74) is 2.80. The van der Waals surface area contributed by atoms with Crippen LogP contribution in [0, 0.1) is 0 Å². The molecule has 23 heavy (non-hydrogen) atoms. The third-order valence-electron chi connectivity index (χ3n) is 4.78. The molecule has 1 fully saturated rings. The normalized spacial score (nSPS) is 18.8. The predicted octanol–water partition coefficient (Wildman–Crippen LogP) is 1.19. The highest BCUT2D eigenvalue weighted by Gasteiger charge is 2.21. The zero-order valence-corrected chi connectivity index (χ0v) is 13.5. The molecule has 0 radical (unpaired) electrons. The van der Waals surface area contributed by atoms with Crippen molar-refractivity contribution in [3.8, 4) is 0 Å². The van der Waals surface area contributed by atoms with Crippen molar-refractivity contribution in [2.75, 3.05) is 49.6 Å². The molecule has 6 nitrogen and oxygen atoms in total. The number of anilines is 2. The van der Waals surface area contributed by atoms with Gasteiger partial charge in [0.15, 0.2) is 5.82 Å². The Hall–Kier alpha value is -2.21. The minimum atomic E-state index is 0.746. The quantitative estimate of drug-likeness (QED) is 0.830. The molecule has 6 heteroatoms. The Balaban J connectivity index is 1.53. The van der Waals surface area contributed by atoms with Gasteiger partial charge >= 0.3 is 0 Å². The Bertz CT molecular complexity index is 680. The summed E-state index contributed by atoms with van der Waals surface area (Å²) in [4.78, 5) is 11.7. The molecule has 1 aromatic heterocycles. The van der Waals surface area contributed by atoms with Crippen LogP contribution in [0.2, 0.25) is 0 Å². The SMILES string of the molecule is CN1CCN(c2cnnc(N3CCc4ccccc4C3)n2)CC1. The second-order valence-electron chi connectivity index (χ2n) is 6.35. The largest absolute Gasteiger partial charge is 0.353 e. The molecule has 0 bridgehead atoms. The molecule has 2 aliphatic rings. The molecular weight excluding hydrogens is 288 g/mol. The van der Waals surface area contributed by atoms with E-state index in [4.69, 9.17) is 4.98 Å². The summed E-state index contributed by atoms with van der Waals surface area (Å²) in [7, 11) is 2.16. The number of benzene rings is 1. The smallest absolute Gasteiger partial charge is 0.247 e. The minimum Gasteiger partial charge on any atom is -0.353 e. The molecule has 120 valence electrons. The number of rotatable bonds is 2. The van der Waals surface area contributed by atoms with Crippen LogP contribution in [0.1, 0.15) is 11.1 Å². The molecule has 3 heterocycles. The molecule has 0 atom stereocenters. The molecule has 0 aliphatic carbocycles. The van der Waals surface area contributed by atoms with Gasteiger partial charge in [0, 0.05) is 39.3 Å². The third-order valence-corrected chi connectivity index (χ3v) is 4.78. The molecule has 0 saturated carbocycles. The lowest BCUT2D eigenvalue weighted by Crippen LogP contribution is -2.45. The highest BCUT2D eigenvalue weighted by molar-refractivity contribution is 5.44. The van der Waals surface area contributed by atoms with E-state index in [1.165, 1.54) is 11.1 Å². The monoisotopic (exact) mass is 310 g/mol. The molecule has 0 amide bonds. The highest BCUT2D eigenvalue weighted by Crippen LogP contribution is 2.23. The van der Waals surface area contributed by atoms with E-state index in [1.54, 1.807) is 6.20 Å². The van der Waals surface area contributed by atoms with Gasteiger partial charge < -0.3 is 14.7 Å². The Kier molecular flexibility index (Phi) is 3.83. The summed E-state index contributed by atoms with van der Waals surface area (Å²) in [6.45, 7) is 5.94. The van der Waals surface area contributed by atoms with E-state index < -0.39 is 0 Å². The van der Waals surface area contributed by atoms with E-state index in [1.807, 2.05) is 0 Å². The van der Waals surface area contributed by atoms with E-state index in [2.05, 4.69) is 56.2 Å². The van der Waals surface area contributed by atoms with Crippen molar-refractivity contribution in [1.82, 2.24) is 20.1 Å². The van der Waals surface area contributed by atoms with E-state index in [0.717, 1.165) is 57.5 Å². The van der Waals surface area contributed by atoms with Crippen LogP contribution in [0.5, 0.6) is 0 Å². The van der Waals surface area contributed by atoms with Crippen molar-refractivity contribution in [1.29, 1.82) is 0 Å². The van der Waals surface area contributed by atoms with Crippen LogP contribution in [0.25, 0.3) is 0 Å². The second-order valence-corrected chi connectivity index (χ2v) is 6.35. The first-order chi connectivity index (χ1) is 11.3. The molecular formula is C17H22N6. The van der Waals surface area contributed by atoms with E-state index >= 15 is 0 Å².